The first kappa shape index (κ1) is 14.9. The molecule has 2 aromatic rings. The van der Waals surface area contributed by atoms with Gasteiger partial charge in [-0.1, -0.05) is 51.1 Å². The molecular formula is C20H27N3. The third-order valence-electron chi connectivity index (χ3n) is 6.66. The number of nitrogens with one attached hydrogen (secondary N) is 2. The highest BCUT2D eigenvalue weighted by Gasteiger charge is 2.55. The molecule has 0 spiro atoms. The molecule has 0 aliphatic heterocycles. The summed E-state index contributed by atoms with van der Waals surface area (Å²) in [4.78, 5) is 7.84. The van der Waals surface area contributed by atoms with Gasteiger partial charge >= 0.3 is 0 Å². The standard InChI is InChI=1S/C20H27N3/c1-13-16-9-15(20(16,2)3)10-17(13)21-11-18-19(23-12-22-18)14-7-5-4-6-8-14/h4-8,12-13,15-17,21H,9-11H2,1-3H3,(H,22,23)/t13-,15+,16-,17-/m1/s1. The Balaban J connectivity index is 1.44. The number of H-pyrrole nitrogens is 1. The molecule has 0 amide bonds. The van der Waals surface area contributed by atoms with Crippen molar-refractivity contribution < 1.29 is 0 Å². The molecule has 3 fully saturated rings. The number of aromatic amines is 1. The summed E-state index contributed by atoms with van der Waals surface area (Å²) in [7, 11) is 0. The zero-order valence-electron chi connectivity index (χ0n) is 14.3. The van der Waals surface area contributed by atoms with Crippen LogP contribution >= 0.6 is 0 Å². The second-order valence-electron chi connectivity index (χ2n) is 8.04. The number of aromatic nitrogens is 2. The number of hydrogen-bond donors (Lipinski definition) is 2. The first-order valence-electron chi connectivity index (χ1n) is 8.88. The Bertz CT molecular complexity index is 673. The van der Waals surface area contributed by atoms with E-state index in [2.05, 4.69) is 60.3 Å². The maximum Gasteiger partial charge on any atom is 0.0929 e. The lowest BCUT2D eigenvalue weighted by Gasteiger charge is -2.62. The Morgan fingerprint density at radius 3 is 2.70 bits per heavy atom. The summed E-state index contributed by atoms with van der Waals surface area (Å²) in [5.74, 6) is 2.55. The number of hydrogen-bond acceptors (Lipinski definition) is 2. The summed E-state index contributed by atoms with van der Waals surface area (Å²) in [6.45, 7) is 8.23. The molecule has 1 aromatic carbocycles. The Labute approximate surface area is 138 Å². The van der Waals surface area contributed by atoms with Crippen LogP contribution in [0.4, 0.5) is 0 Å². The predicted molar refractivity (Wildman–Crippen MR) is 93.8 cm³/mol. The molecule has 3 heteroatoms. The predicted octanol–water partition coefficient (Wildman–Crippen LogP) is 4.24. The zero-order chi connectivity index (χ0) is 16.0. The van der Waals surface area contributed by atoms with Crippen molar-refractivity contribution in [1.82, 2.24) is 15.3 Å². The summed E-state index contributed by atoms with van der Waals surface area (Å²) in [5, 5.41) is 3.81. The van der Waals surface area contributed by atoms with Gasteiger partial charge in [-0.2, -0.15) is 0 Å². The highest BCUT2D eigenvalue weighted by Crippen LogP contribution is 2.61. The largest absolute Gasteiger partial charge is 0.347 e. The summed E-state index contributed by atoms with van der Waals surface area (Å²) >= 11 is 0. The molecule has 4 atom stereocenters. The maximum absolute atomic E-state index is 4.52. The normalized spacial score (nSPS) is 31.6. The average Bonchev–Trinajstić information content (AvgIpc) is 3.02. The van der Waals surface area contributed by atoms with Crippen LogP contribution in [0.5, 0.6) is 0 Å². The smallest absolute Gasteiger partial charge is 0.0929 e. The molecule has 3 nitrogen and oxygen atoms in total. The van der Waals surface area contributed by atoms with Crippen LogP contribution in [0, 0.1) is 23.2 Å². The molecule has 122 valence electrons. The summed E-state index contributed by atoms with van der Waals surface area (Å²) < 4.78 is 0. The first-order chi connectivity index (χ1) is 11.1. The molecule has 2 N–H and O–H groups in total. The number of fused-ring (bicyclic) bond motifs is 2. The highest BCUT2D eigenvalue weighted by atomic mass is 15.0. The fourth-order valence-electron chi connectivity index (χ4n) is 4.95. The van der Waals surface area contributed by atoms with Crippen molar-refractivity contribution in [3.8, 4) is 11.3 Å². The van der Waals surface area contributed by atoms with E-state index < -0.39 is 0 Å². The molecule has 3 aliphatic rings. The molecule has 0 saturated heterocycles. The quantitative estimate of drug-likeness (QED) is 0.887. The molecule has 0 unspecified atom stereocenters. The summed E-state index contributed by atoms with van der Waals surface area (Å²) in [6.07, 6.45) is 4.56. The molecule has 1 aromatic heterocycles. The van der Waals surface area contributed by atoms with E-state index in [0.29, 0.717) is 11.5 Å². The van der Waals surface area contributed by atoms with Crippen molar-refractivity contribution in [2.75, 3.05) is 0 Å². The zero-order valence-corrected chi connectivity index (χ0v) is 14.3. The molecule has 0 radical (unpaired) electrons. The van der Waals surface area contributed by atoms with E-state index in [-0.39, 0.29) is 0 Å². The molecule has 3 aliphatic carbocycles. The van der Waals surface area contributed by atoms with Crippen LogP contribution < -0.4 is 5.32 Å². The molecule has 5 rings (SSSR count). The van der Waals surface area contributed by atoms with Gasteiger partial charge in [0.2, 0.25) is 0 Å². The van der Waals surface area contributed by atoms with E-state index in [1.165, 1.54) is 24.1 Å². The van der Waals surface area contributed by atoms with Gasteiger partial charge in [0.15, 0.2) is 0 Å². The average molecular weight is 309 g/mol. The van der Waals surface area contributed by atoms with Crippen LogP contribution in [0.25, 0.3) is 11.3 Å². The van der Waals surface area contributed by atoms with Crippen molar-refractivity contribution in [3.05, 3.63) is 42.4 Å². The van der Waals surface area contributed by atoms with E-state index in [1.54, 1.807) is 0 Å². The topological polar surface area (TPSA) is 40.7 Å². The summed E-state index contributed by atoms with van der Waals surface area (Å²) in [6, 6.07) is 11.1. The Hall–Kier alpha value is -1.61. The van der Waals surface area contributed by atoms with Gasteiger partial charge in [-0.3, -0.25) is 0 Å². The van der Waals surface area contributed by atoms with Crippen molar-refractivity contribution in [2.24, 2.45) is 23.2 Å². The van der Waals surface area contributed by atoms with Gasteiger partial charge in [0.1, 0.15) is 0 Å². The second kappa shape index (κ2) is 5.48. The molecule has 1 heterocycles. The number of rotatable bonds is 4. The SMILES string of the molecule is C[C@@H]1[C@H]2C[C@@H](C[C@H]1NCc1[nH]cnc1-c1ccccc1)C2(C)C. The minimum atomic E-state index is 0.556. The molecule has 2 bridgehead atoms. The van der Waals surface area contributed by atoms with Crippen LogP contribution in [-0.2, 0) is 6.54 Å². The van der Waals surface area contributed by atoms with Crippen molar-refractivity contribution in [3.63, 3.8) is 0 Å². The molecular weight excluding hydrogens is 282 g/mol. The lowest BCUT2D eigenvalue weighted by Crippen LogP contribution is -2.59. The van der Waals surface area contributed by atoms with Crippen LogP contribution in [0.3, 0.4) is 0 Å². The number of nitrogens with zero attached hydrogens (tertiary/aromatic N) is 1. The fraction of sp³-hybridized carbons (Fsp3) is 0.550. The molecule has 23 heavy (non-hydrogen) atoms. The van der Waals surface area contributed by atoms with E-state index >= 15 is 0 Å². The monoisotopic (exact) mass is 309 g/mol. The summed E-state index contributed by atoms with van der Waals surface area (Å²) in [5.41, 5.74) is 4.01. The minimum Gasteiger partial charge on any atom is -0.347 e. The van der Waals surface area contributed by atoms with Crippen LogP contribution in [0.1, 0.15) is 39.3 Å². The Morgan fingerprint density at radius 2 is 2.00 bits per heavy atom. The van der Waals surface area contributed by atoms with Crippen molar-refractivity contribution in [1.29, 1.82) is 0 Å². The lowest BCUT2D eigenvalue weighted by atomic mass is 9.45. The van der Waals surface area contributed by atoms with Crippen LogP contribution in [0.2, 0.25) is 0 Å². The van der Waals surface area contributed by atoms with Gasteiger partial charge in [-0.15, -0.1) is 0 Å². The number of benzene rings is 1. The van der Waals surface area contributed by atoms with Gasteiger partial charge in [-0.25, -0.2) is 4.98 Å². The molecule has 3 saturated carbocycles. The van der Waals surface area contributed by atoms with E-state index in [9.17, 15) is 0 Å². The van der Waals surface area contributed by atoms with E-state index in [4.69, 9.17) is 0 Å². The third-order valence-corrected chi connectivity index (χ3v) is 6.66. The minimum absolute atomic E-state index is 0.556. The first-order valence-corrected chi connectivity index (χ1v) is 8.88. The van der Waals surface area contributed by atoms with E-state index in [1.807, 2.05) is 12.4 Å². The lowest BCUT2D eigenvalue weighted by molar-refractivity contribution is -0.115. The van der Waals surface area contributed by atoms with Gasteiger partial charge in [0.25, 0.3) is 0 Å². The van der Waals surface area contributed by atoms with Gasteiger partial charge in [-0.05, 0) is 36.0 Å². The van der Waals surface area contributed by atoms with Gasteiger partial charge in [0.05, 0.1) is 17.7 Å². The highest BCUT2D eigenvalue weighted by molar-refractivity contribution is 5.61. The Kier molecular flexibility index (Phi) is 3.56. The van der Waals surface area contributed by atoms with Crippen molar-refractivity contribution in [2.45, 2.75) is 46.2 Å². The number of imidazole rings is 1. The Morgan fingerprint density at radius 1 is 1.22 bits per heavy atom. The third kappa shape index (κ3) is 2.42. The van der Waals surface area contributed by atoms with E-state index in [0.717, 1.165) is 30.0 Å². The van der Waals surface area contributed by atoms with Gasteiger partial charge < -0.3 is 10.3 Å². The van der Waals surface area contributed by atoms with Crippen LogP contribution in [0.15, 0.2) is 36.7 Å². The van der Waals surface area contributed by atoms with Crippen LogP contribution in [-0.4, -0.2) is 16.0 Å². The maximum atomic E-state index is 4.52. The fourth-order valence-corrected chi connectivity index (χ4v) is 4.95. The van der Waals surface area contributed by atoms with Crippen molar-refractivity contribution >= 4 is 0 Å². The van der Waals surface area contributed by atoms with Gasteiger partial charge in [0, 0.05) is 18.2 Å². The second-order valence-corrected chi connectivity index (χ2v) is 8.04.